The van der Waals surface area contributed by atoms with Gasteiger partial charge >= 0.3 is 0 Å². The summed E-state index contributed by atoms with van der Waals surface area (Å²) >= 11 is 0. The van der Waals surface area contributed by atoms with Gasteiger partial charge < -0.3 is 15.5 Å². The molecule has 3 aromatic carbocycles. The number of nitrogen functional groups attached to an aromatic ring is 1. The predicted molar refractivity (Wildman–Crippen MR) is 98.7 cm³/mol. The van der Waals surface area contributed by atoms with Crippen molar-refractivity contribution >= 4 is 16.6 Å². The summed E-state index contributed by atoms with van der Waals surface area (Å²) in [6, 6.07) is 21.8. The molecule has 1 heterocycles. The number of aromatic nitrogens is 2. The third kappa shape index (κ3) is 3.07. The van der Waals surface area contributed by atoms with Crippen LogP contribution in [0.5, 0.6) is 11.5 Å². The van der Waals surface area contributed by atoms with Crippen molar-refractivity contribution < 1.29 is 4.74 Å². The van der Waals surface area contributed by atoms with Gasteiger partial charge in [0.2, 0.25) is 0 Å². The van der Waals surface area contributed by atoms with Gasteiger partial charge in [-0.3, -0.25) is 4.79 Å². The molecule has 0 saturated heterocycles. The number of hydrogen-bond acceptors (Lipinski definition) is 4. The highest BCUT2D eigenvalue weighted by Gasteiger charge is 2.07. The molecule has 5 heteroatoms. The van der Waals surface area contributed by atoms with E-state index in [1.165, 1.54) is 0 Å². The predicted octanol–water partition coefficient (Wildman–Crippen LogP) is 3.96. The van der Waals surface area contributed by atoms with E-state index in [1.54, 1.807) is 30.3 Å². The van der Waals surface area contributed by atoms with E-state index < -0.39 is 0 Å². The van der Waals surface area contributed by atoms with Gasteiger partial charge in [0.15, 0.2) is 0 Å². The van der Waals surface area contributed by atoms with Gasteiger partial charge in [0.1, 0.15) is 17.3 Å². The zero-order chi connectivity index (χ0) is 17.2. The molecule has 0 aliphatic rings. The van der Waals surface area contributed by atoms with Crippen LogP contribution in [-0.4, -0.2) is 9.97 Å². The second kappa shape index (κ2) is 6.13. The highest BCUT2D eigenvalue weighted by molar-refractivity contribution is 5.79. The van der Waals surface area contributed by atoms with Crippen molar-refractivity contribution in [1.82, 2.24) is 9.97 Å². The van der Waals surface area contributed by atoms with Crippen molar-refractivity contribution in [3.63, 3.8) is 0 Å². The third-order valence-corrected chi connectivity index (χ3v) is 3.84. The van der Waals surface area contributed by atoms with E-state index in [2.05, 4.69) is 9.97 Å². The summed E-state index contributed by atoms with van der Waals surface area (Å²) in [5.74, 6) is 1.84. The van der Waals surface area contributed by atoms with E-state index in [9.17, 15) is 4.79 Å². The molecule has 0 amide bonds. The van der Waals surface area contributed by atoms with Crippen LogP contribution in [0.2, 0.25) is 0 Å². The number of ether oxygens (including phenoxy) is 1. The molecule has 25 heavy (non-hydrogen) atoms. The first kappa shape index (κ1) is 15.0. The molecule has 0 unspecified atom stereocenters. The van der Waals surface area contributed by atoms with Crippen LogP contribution in [0.25, 0.3) is 22.3 Å². The molecule has 0 aliphatic carbocycles. The monoisotopic (exact) mass is 329 g/mol. The average Bonchev–Trinajstić information content (AvgIpc) is 2.64. The number of fused-ring (bicyclic) bond motifs is 1. The van der Waals surface area contributed by atoms with Crippen LogP contribution in [0.1, 0.15) is 0 Å². The number of nitrogens with zero attached hydrogens (tertiary/aromatic N) is 1. The highest BCUT2D eigenvalue weighted by atomic mass is 16.5. The van der Waals surface area contributed by atoms with Crippen LogP contribution >= 0.6 is 0 Å². The summed E-state index contributed by atoms with van der Waals surface area (Å²) in [6.07, 6.45) is 0. The normalized spacial score (nSPS) is 10.7. The van der Waals surface area contributed by atoms with E-state index >= 15 is 0 Å². The van der Waals surface area contributed by atoms with Crippen LogP contribution in [0.3, 0.4) is 0 Å². The zero-order valence-corrected chi connectivity index (χ0v) is 13.3. The second-order valence-corrected chi connectivity index (χ2v) is 5.63. The first-order valence-electron chi connectivity index (χ1n) is 7.82. The number of nitrogens with two attached hydrogens (primary N) is 1. The molecule has 5 nitrogen and oxygen atoms in total. The summed E-state index contributed by atoms with van der Waals surface area (Å²) in [4.78, 5) is 19.6. The lowest BCUT2D eigenvalue weighted by molar-refractivity contribution is 0.483. The van der Waals surface area contributed by atoms with E-state index in [0.717, 1.165) is 5.56 Å². The van der Waals surface area contributed by atoms with Gasteiger partial charge in [0.05, 0.1) is 10.9 Å². The second-order valence-electron chi connectivity index (χ2n) is 5.63. The molecule has 0 spiro atoms. The molecule has 4 rings (SSSR count). The number of para-hydroxylation sites is 1. The van der Waals surface area contributed by atoms with Gasteiger partial charge in [0.25, 0.3) is 5.56 Å². The maximum Gasteiger partial charge on any atom is 0.259 e. The Kier molecular flexibility index (Phi) is 3.67. The first-order valence-corrected chi connectivity index (χ1v) is 7.82. The van der Waals surface area contributed by atoms with Gasteiger partial charge in [-0.05, 0) is 48.5 Å². The van der Waals surface area contributed by atoms with Crippen LogP contribution in [0, 0.1) is 0 Å². The zero-order valence-electron chi connectivity index (χ0n) is 13.3. The van der Waals surface area contributed by atoms with Gasteiger partial charge in [0, 0.05) is 11.3 Å². The maximum atomic E-state index is 12.2. The summed E-state index contributed by atoms with van der Waals surface area (Å²) < 4.78 is 5.84. The Morgan fingerprint density at radius 3 is 2.52 bits per heavy atom. The molecule has 0 atom stereocenters. The van der Waals surface area contributed by atoms with Gasteiger partial charge in [-0.2, -0.15) is 0 Å². The van der Waals surface area contributed by atoms with Crippen LogP contribution in [0.15, 0.2) is 77.6 Å². The quantitative estimate of drug-likeness (QED) is 0.557. The van der Waals surface area contributed by atoms with Crippen molar-refractivity contribution in [3.8, 4) is 22.9 Å². The SMILES string of the molecule is Nc1ccc(Oc2cccc(-c3nc4ccccc4c(=O)[nH]3)c2)cc1. The summed E-state index contributed by atoms with van der Waals surface area (Å²) in [6.45, 7) is 0. The molecule has 0 fully saturated rings. The largest absolute Gasteiger partial charge is 0.457 e. The van der Waals surface area contributed by atoms with Crippen molar-refractivity contribution in [2.75, 3.05) is 5.73 Å². The Morgan fingerprint density at radius 1 is 0.880 bits per heavy atom. The van der Waals surface area contributed by atoms with Crippen molar-refractivity contribution in [2.45, 2.75) is 0 Å². The molecule has 3 N–H and O–H groups in total. The van der Waals surface area contributed by atoms with Crippen molar-refractivity contribution in [3.05, 3.63) is 83.2 Å². The van der Waals surface area contributed by atoms with Gasteiger partial charge in [-0.15, -0.1) is 0 Å². The van der Waals surface area contributed by atoms with Gasteiger partial charge in [-0.1, -0.05) is 24.3 Å². The number of rotatable bonds is 3. The minimum Gasteiger partial charge on any atom is -0.457 e. The molecule has 4 aromatic rings. The summed E-state index contributed by atoms with van der Waals surface area (Å²) in [5.41, 5.74) is 7.63. The fourth-order valence-corrected chi connectivity index (χ4v) is 2.60. The van der Waals surface area contributed by atoms with E-state index in [1.807, 2.05) is 42.5 Å². The number of anilines is 1. The van der Waals surface area contributed by atoms with Crippen molar-refractivity contribution in [1.29, 1.82) is 0 Å². The Balaban J connectivity index is 1.72. The molecule has 0 bridgehead atoms. The lowest BCUT2D eigenvalue weighted by Gasteiger charge is -2.08. The maximum absolute atomic E-state index is 12.2. The van der Waals surface area contributed by atoms with Gasteiger partial charge in [-0.25, -0.2) is 4.98 Å². The minimum atomic E-state index is -0.162. The highest BCUT2D eigenvalue weighted by Crippen LogP contribution is 2.26. The number of nitrogens with one attached hydrogen (secondary N) is 1. The fourth-order valence-electron chi connectivity index (χ4n) is 2.60. The Labute approximate surface area is 143 Å². The first-order chi connectivity index (χ1) is 12.2. The minimum absolute atomic E-state index is 0.162. The molecule has 1 aromatic heterocycles. The van der Waals surface area contributed by atoms with Crippen molar-refractivity contribution in [2.24, 2.45) is 0 Å². The summed E-state index contributed by atoms with van der Waals surface area (Å²) in [5, 5.41) is 0.570. The molecular formula is C20H15N3O2. The number of aromatic amines is 1. The van der Waals surface area contributed by atoms with Crippen LogP contribution < -0.4 is 16.0 Å². The Hall–Kier alpha value is -3.60. The summed E-state index contributed by atoms with van der Waals surface area (Å²) in [7, 11) is 0. The Bertz CT molecular complexity index is 1100. The molecule has 122 valence electrons. The Morgan fingerprint density at radius 2 is 1.68 bits per heavy atom. The molecule has 0 radical (unpaired) electrons. The van der Waals surface area contributed by atoms with E-state index in [0.29, 0.717) is 33.9 Å². The van der Waals surface area contributed by atoms with E-state index in [-0.39, 0.29) is 5.56 Å². The molecule has 0 saturated carbocycles. The standard InChI is InChI=1S/C20H15N3O2/c21-14-8-10-15(11-9-14)25-16-5-3-4-13(12-16)19-22-18-7-2-1-6-17(18)20(24)23-19/h1-12H,21H2,(H,22,23,24). The lowest BCUT2D eigenvalue weighted by atomic mass is 10.2. The molecular weight excluding hydrogens is 314 g/mol. The fraction of sp³-hybridized carbons (Fsp3) is 0. The average molecular weight is 329 g/mol. The van der Waals surface area contributed by atoms with Crippen LogP contribution in [0.4, 0.5) is 5.69 Å². The number of hydrogen-bond donors (Lipinski definition) is 2. The third-order valence-electron chi connectivity index (χ3n) is 3.84. The van der Waals surface area contributed by atoms with Crippen LogP contribution in [-0.2, 0) is 0 Å². The lowest BCUT2D eigenvalue weighted by Crippen LogP contribution is -2.09. The topological polar surface area (TPSA) is 81.0 Å². The molecule has 0 aliphatic heterocycles. The van der Waals surface area contributed by atoms with E-state index in [4.69, 9.17) is 10.5 Å². The smallest absolute Gasteiger partial charge is 0.259 e. The number of H-pyrrole nitrogens is 1. The number of benzene rings is 3.